The van der Waals surface area contributed by atoms with E-state index in [1.165, 1.54) is 10.9 Å². The van der Waals surface area contributed by atoms with Crippen molar-refractivity contribution >= 4 is 17.5 Å². The molecule has 10 heteroatoms. The normalized spacial score (nSPS) is 13.2. The number of benzene rings is 1. The fourth-order valence-corrected chi connectivity index (χ4v) is 4.32. The zero-order valence-electron chi connectivity index (χ0n) is 20.5. The molecule has 0 aliphatic heterocycles. The second kappa shape index (κ2) is 9.12. The Morgan fingerprint density at radius 2 is 1.92 bits per heavy atom. The van der Waals surface area contributed by atoms with Crippen LogP contribution in [0.3, 0.4) is 0 Å². The van der Waals surface area contributed by atoms with Gasteiger partial charge < -0.3 is 9.73 Å². The highest BCUT2D eigenvalue weighted by molar-refractivity contribution is 6.07. The maximum atomic E-state index is 13.3. The number of hydrogen-bond acceptors (Lipinski definition) is 7. The van der Waals surface area contributed by atoms with E-state index in [1.54, 1.807) is 13.1 Å². The molecule has 0 spiro atoms. The fourth-order valence-electron chi connectivity index (χ4n) is 4.32. The Morgan fingerprint density at radius 1 is 1.11 bits per heavy atom. The molecule has 1 saturated carbocycles. The zero-order valence-corrected chi connectivity index (χ0v) is 20.5. The number of carbonyl (C=O) groups excluding carboxylic acids is 2. The number of Topliss-reactive ketones (excluding diaryl/α,β-unsaturated/α-hetero) is 1. The zero-order chi connectivity index (χ0) is 25.5. The van der Waals surface area contributed by atoms with Gasteiger partial charge in [0, 0.05) is 30.9 Å². The van der Waals surface area contributed by atoms with Crippen molar-refractivity contribution in [2.45, 2.75) is 38.6 Å². The molecule has 37 heavy (non-hydrogen) atoms. The topological polar surface area (TPSA) is 120 Å². The first-order chi connectivity index (χ1) is 18.0. The third-order valence-corrected chi connectivity index (χ3v) is 6.49. The van der Waals surface area contributed by atoms with Crippen LogP contribution in [0.1, 0.15) is 62.6 Å². The number of imidazole rings is 1. The first-order valence-electron chi connectivity index (χ1n) is 12.2. The molecule has 0 atom stereocenters. The van der Waals surface area contributed by atoms with Crippen molar-refractivity contribution in [3.05, 3.63) is 89.3 Å². The molecule has 0 unspecified atom stereocenters. The number of aromatic nitrogens is 6. The van der Waals surface area contributed by atoms with Crippen molar-refractivity contribution in [2.75, 3.05) is 0 Å². The van der Waals surface area contributed by atoms with Gasteiger partial charge in [-0.2, -0.15) is 5.10 Å². The fraction of sp³-hybridized carbons (Fsp3) is 0.259. The number of nitrogens with one attached hydrogen (secondary N) is 1. The Bertz CT molecular complexity index is 1630. The van der Waals surface area contributed by atoms with Gasteiger partial charge in [-0.1, -0.05) is 30.3 Å². The van der Waals surface area contributed by atoms with E-state index in [0.717, 1.165) is 30.0 Å². The maximum absolute atomic E-state index is 13.3. The molecule has 4 aromatic heterocycles. The van der Waals surface area contributed by atoms with Gasteiger partial charge in [0.2, 0.25) is 5.78 Å². The first-order valence-corrected chi connectivity index (χ1v) is 12.2. The Kier molecular flexibility index (Phi) is 5.63. The molecule has 6 rings (SSSR count). The standard InChI is InChI=1S/C27H25N7O3/c1-16-21(31-26(37-16)18-8-9-18)14-28-25(36)20-13-29-33(2)24(20)23(35)12-19-10-11-34-15-22(32-27(34)30-19)17-6-4-3-5-7-17/h3-7,10-11,13,15,18H,8-9,12,14H2,1-2H3,(H,28,36). The molecule has 1 N–H and O–H groups in total. The average molecular weight is 496 g/mol. The summed E-state index contributed by atoms with van der Waals surface area (Å²) in [6.07, 6.45) is 7.32. The number of aryl methyl sites for hydroxylation is 2. The van der Waals surface area contributed by atoms with Crippen LogP contribution in [0.4, 0.5) is 0 Å². The molecule has 10 nitrogen and oxygen atoms in total. The summed E-state index contributed by atoms with van der Waals surface area (Å²) in [4.78, 5) is 39.9. The molecular weight excluding hydrogens is 470 g/mol. The van der Waals surface area contributed by atoms with Crippen LogP contribution < -0.4 is 5.32 Å². The SMILES string of the molecule is Cc1oc(C2CC2)nc1CNC(=O)c1cnn(C)c1C(=O)Cc1ccn2cc(-c3ccccc3)nc2n1. The number of amides is 1. The highest BCUT2D eigenvalue weighted by Gasteiger charge is 2.30. The third-order valence-electron chi connectivity index (χ3n) is 6.49. The highest BCUT2D eigenvalue weighted by atomic mass is 16.4. The first kappa shape index (κ1) is 22.8. The van der Waals surface area contributed by atoms with E-state index in [1.807, 2.05) is 54.0 Å². The molecule has 1 aliphatic carbocycles. The predicted octanol–water partition coefficient (Wildman–Crippen LogP) is 3.66. The summed E-state index contributed by atoms with van der Waals surface area (Å²) < 4.78 is 8.96. The van der Waals surface area contributed by atoms with Gasteiger partial charge in [0.25, 0.3) is 5.91 Å². The Hall–Kier alpha value is -4.60. The third kappa shape index (κ3) is 4.53. The monoisotopic (exact) mass is 495 g/mol. The van der Waals surface area contributed by atoms with E-state index in [-0.39, 0.29) is 30.0 Å². The van der Waals surface area contributed by atoms with Crippen LogP contribution in [-0.2, 0) is 20.0 Å². The summed E-state index contributed by atoms with van der Waals surface area (Å²) in [6.45, 7) is 2.05. The lowest BCUT2D eigenvalue weighted by Gasteiger charge is -2.07. The van der Waals surface area contributed by atoms with Crippen molar-refractivity contribution in [1.82, 2.24) is 34.4 Å². The summed E-state index contributed by atoms with van der Waals surface area (Å²) in [5, 5.41) is 7.01. The van der Waals surface area contributed by atoms with Gasteiger partial charge in [-0.05, 0) is 25.8 Å². The molecule has 1 fully saturated rings. The number of nitrogens with zero attached hydrogens (tertiary/aromatic N) is 6. The average Bonchev–Trinajstić information content (AvgIpc) is 3.38. The number of carbonyl (C=O) groups is 2. The van der Waals surface area contributed by atoms with Crippen LogP contribution in [0, 0.1) is 6.92 Å². The Morgan fingerprint density at radius 3 is 2.70 bits per heavy atom. The van der Waals surface area contributed by atoms with Gasteiger partial charge in [-0.25, -0.2) is 15.0 Å². The van der Waals surface area contributed by atoms with Gasteiger partial charge in [-0.15, -0.1) is 0 Å². The van der Waals surface area contributed by atoms with E-state index < -0.39 is 5.91 Å². The van der Waals surface area contributed by atoms with Crippen LogP contribution in [-0.4, -0.2) is 40.8 Å². The van der Waals surface area contributed by atoms with Crippen LogP contribution in [0.25, 0.3) is 17.0 Å². The van der Waals surface area contributed by atoms with Crippen molar-refractivity contribution in [3.63, 3.8) is 0 Å². The van der Waals surface area contributed by atoms with Crippen molar-refractivity contribution < 1.29 is 14.0 Å². The second-order valence-electron chi connectivity index (χ2n) is 9.26. The smallest absolute Gasteiger partial charge is 0.255 e. The molecule has 0 bridgehead atoms. The molecule has 4 heterocycles. The van der Waals surface area contributed by atoms with Crippen LogP contribution in [0.15, 0.2) is 59.4 Å². The predicted molar refractivity (Wildman–Crippen MR) is 134 cm³/mol. The van der Waals surface area contributed by atoms with Gasteiger partial charge in [0.1, 0.15) is 17.1 Å². The minimum atomic E-state index is -0.393. The lowest BCUT2D eigenvalue weighted by molar-refractivity contribution is 0.0928. The molecule has 0 saturated heterocycles. The summed E-state index contributed by atoms with van der Waals surface area (Å²) in [7, 11) is 1.64. The van der Waals surface area contributed by atoms with E-state index in [0.29, 0.717) is 28.8 Å². The minimum absolute atomic E-state index is 0.0109. The Labute approximate surface area is 212 Å². The van der Waals surface area contributed by atoms with Gasteiger partial charge >= 0.3 is 0 Å². The van der Waals surface area contributed by atoms with Gasteiger partial charge in [-0.3, -0.25) is 18.7 Å². The summed E-state index contributed by atoms with van der Waals surface area (Å²) in [5.41, 5.74) is 3.47. The number of rotatable bonds is 8. The number of hydrogen-bond donors (Lipinski definition) is 1. The Balaban J connectivity index is 1.18. The molecule has 1 aliphatic rings. The highest BCUT2D eigenvalue weighted by Crippen LogP contribution is 2.40. The summed E-state index contributed by atoms with van der Waals surface area (Å²) in [6, 6.07) is 11.6. The van der Waals surface area contributed by atoms with E-state index in [4.69, 9.17) is 4.42 Å². The van der Waals surface area contributed by atoms with E-state index >= 15 is 0 Å². The van der Waals surface area contributed by atoms with Crippen molar-refractivity contribution in [1.29, 1.82) is 0 Å². The summed E-state index contributed by atoms with van der Waals surface area (Å²) >= 11 is 0. The van der Waals surface area contributed by atoms with Gasteiger partial charge in [0.15, 0.2) is 11.7 Å². The summed E-state index contributed by atoms with van der Waals surface area (Å²) in [5.74, 6) is 1.67. The molecule has 1 aromatic carbocycles. The molecule has 186 valence electrons. The molecule has 0 radical (unpaired) electrons. The molecule has 5 aromatic rings. The quantitative estimate of drug-likeness (QED) is 0.326. The maximum Gasteiger partial charge on any atom is 0.255 e. The van der Waals surface area contributed by atoms with E-state index in [9.17, 15) is 9.59 Å². The lowest BCUT2D eigenvalue weighted by atomic mass is 10.1. The number of ketones is 1. The van der Waals surface area contributed by atoms with E-state index in [2.05, 4.69) is 25.4 Å². The molecule has 1 amide bonds. The number of oxazole rings is 1. The van der Waals surface area contributed by atoms with Crippen LogP contribution >= 0.6 is 0 Å². The second-order valence-corrected chi connectivity index (χ2v) is 9.26. The van der Waals surface area contributed by atoms with Crippen LogP contribution in [0.5, 0.6) is 0 Å². The minimum Gasteiger partial charge on any atom is -0.445 e. The van der Waals surface area contributed by atoms with Crippen molar-refractivity contribution in [2.24, 2.45) is 7.05 Å². The van der Waals surface area contributed by atoms with Crippen LogP contribution in [0.2, 0.25) is 0 Å². The largest absolute Gasteiger partial charge is 0.445 e. The van der Waals surface area contributed by atoms with Crippen molar-refractivity contribution in [3.8, 4) is 11.3 Å². The molecular formula is C27H25N7O3. The number of fused-ring (bicyclic) bond motifs is 1. The lowest BCUT2D eigenvalue weighted by Crippen LogP contribution is -2.26. The van der Waals surface area contributed by atoms with Gasteiger partial charge in [0.05, 0.1) is 36.1 Å².